The Balaban J connectivity index is 1.65. The molecule has 1 heterocycles. The fourth-order valence-corrected chi connectivity index (χ4v) is 4.00. The predicted molar refractivity (Wildman–Crippen MR) is 108 cm³/mol. The van der Waals surface area contributed by atoms with E-state index in [1.54, 1.807) is 30.3 Å². The highest BCUT2D eigenvalue weighted by molar-refractivity contribution is 7.92. The standard InChI is InChI=1S/C20H24FN3O3S/c1-28(26,27)23-19-10-3-2-9-18(19)22-20(25)16-7-5-11-24(14-16)13-15-6-4-8-17(21)12-15/h2-4,6,8-10,12,16,23H,5,7,11,13-14H2,1H3,(H,22,25). The summed E-state index contributed by atoms with van der Waals surface area (Å²) in [5, 5.41) is 2.84. The summed E-state index contributed by atoms with van der Waals surface area (Å²) in [5.41, 5.74) is 1.65. The molecule has 0 saturated carbocycles. The zero-order valence-corrected chi connectivity index (χ0v) is 16.5. The second kappa shape index (κ2) is 8.70. The van der Waals surface area contributed by atoms with Crippen molar-refractivity contribution >= 4 is 27.3 Å². The van der Waals surface area contributed by atoms with Gasteiger partial charge in [0.15, 0.2) is 0 Å². The number of amides is 1. The number of anilines is 2. The number of benzene rings is 2. The second-order valence-electron chi connectivity index (χ2n) is 7.11. The Hall–Kier alpha value is -2.45. The first-order valence-electron chi connectivity index (χ1n) is 9.14. The third-order valence-electron chi connectivity index (χ3n) is 4.65. The van der Waals surface area contributed by atoms with Gasteiger partial charge in [0.2, 0.25) is 15.9 Å². The van der Waals surface area contributed by atoms with Gasteiger partial charge in [0.05, 0.1) is 23.5 Å². The molecule has 1 aliphatic heterocycles. The smallest absolute Gasteiger partial charge is 0.229 e. The van der Waals surface area contributed by atoms with Crippen molar-refractivity contribution in [2.75, 3.05) is 29.4 Å². The lowest BCUT2D eigenvalue weighted by Crippen LogP contribution is -2.40. The second-order valence-corrected chi connectivity index (χ2v) is 8.86. The number of carbonyl (C=O) groups excluding carboxylic acids is 1. The molecule has 1 atom stereocenters. The molecule has 6 nitrogen and oxygen atoms in total. The van der Waals surface area contributed by atoms with Crippen molar-refractivity contribution in [1.29, 1.82) is 0 Å². The van der Waals surface area contributed by atoms with Gasteiger partial charge in [0, 0.05) is 13.1 Å². The molecule has 3 rings (SSSR count). The maximum atomic E-state index is 13.4. The lowest BCUT2D eigenvalue weighted by molar-refractivity contribution is -0.121. The number of hydrogen-bond donors (Lipinski definition) is 2. The highest BCUT2D eigenvalue weighted by atomic mass is 32.2. The first kappa shape index (κ1) is 20.3. The Kier molecular flexibility index (Phi) is 6.31. The van der Waals surface area contributed by atoms with Gasteiger partial charge < -0.3 is 5.32 Å². The summed E-state index contributed by atoms with van der Waals surface area (Å²) in [5.74, 6) is -0.626. The summed E-state index contributed by atoms with van der Waals surface area (Å²) in [7, 11) is -3.45. The van der Waals surface area contributed by atoms with Gasteiger partial charge >= 0.3 is 0 Å². The molecule has 1 amide bonds. The van der Waals surface area contributed by atoms with Crippen LogP contribution in [0.3, 0.4) is 0 Å². The minimum Gasteiger partial charge on any atom is -0.324 e. The van der Waals surface area contributed by atoms with E-state index in [0.29, 0.717) is 24.5 Å². The normalized spacial score (nSPS) is 17.9. The number of sulfonamides is 1. The Morgan fingerprint density at radius 3 is 2.64 bits per heavy atom. The van der Waals surface area contributed by atoms with E-state index < -0.39 is 10.0 Å². The van der Waals surface area contributed by atoms with Gasteiger partial charge in [-0.15, -0.1) is 0 Å². The average Bonchev–Trinajstić information content (AvgIpc) is 2.62. The van der Waals surface area contributed by atoms with Crippen molar-refractivity contribution < 1.29 is 17.6 Å². The maximum Gasteiger partial charge on any atom is 0.229 e. The first-order chi connectivity index (χ1) is 13.3. The molecule has 1 fully saturated rings. The Labute approximate surface area is 164 Å². The Morgan fingerprint density at radius 2 is 1.93 bits per heavy atom. The summed E-state index contributed by atoms with van der Waals surface area (Å²) >= 11 is 0. The van der Waals surface area contributed by atoms with Gasteiger partial charge in [-0.25, -0.2) is 12.8 Å². The van der Waals surface area contributed by atoms with Gasteiger partial charge in [0.25, 0.3) is 0 Å². The van der Waals surface area contributed by atoms with Crippen LogP contribution in [0.4, 0.5) is 15.8 Å². The fraction of sp³-hybridized carbons (Fsp3) is 0.350. The van der Waals surface area contributed by atoms with Crippen LogP contribution in [0.2, 0.25) is 0 Å². The number of piperidine rings is 1. The number of rotatable bonds is 6. The van der Waals surface area contributed by atoms with E-state index in [1.807, 2.05) is 6.07 Å². The van der Waals surface area contributed by atoms with Crippen LogP contribution in [0.25, 0.3) is 0 Å². The van der Waals surface area contributed by atoms with Crippen LogP contribution in [0.15, 0.2) is 48.5 Å². The van der Waals surface area contributed by atoms with Crippen molar-refractivity contribution in [3.8, 4) is 0 Å². The fourth-order valence-electron chi connectivity index (χ4n) is 3.42. The first-order valence-corrected chi connectivity index (χ1v) is 11.0. The van der Waals surface area contributed by atoms with Crippen LogP contribution in [0, 0.1) is 11.7 Å². The van der Waals surface area contributed by atoms with Gasteiger partial charge in [-0.1, -0.05) is 24.3 Å². The lowest BCUT2D eigenvalue weighted by atomic mass is 9.96. The molecule has 2 aromatic carbocycles. The Bertz CT molecular complexity index is 949. The minimum atomic E-state index is -3.45. The average molecular weight is 405 g/mol. The van der Waals surface area contributed by atoms with Gasteiger partial charge in [0.1, 0.15) is 5.82 Å². The highest BCUT2D eigenvalue weighted by Gasteiger charge is 2.26. The molecule has 0 aliphatic carbocycles. The number of hydrogen-bond acceptors (Lipinski definition) is 4. The number of nitrogens with zero attached hydrogens (tertiary/aromatic N) is 1. The number of para-hydroxylation sites is 2. The number of likely N-dealkylation sites (tertiary alicyclic amines) is 1. The Morgan fingerprint density at radius 1 is 1.18 bits per heavy atom. The largest absolute Gasteiger partial charge is 0.324 e. The van der Waals surface area contributed by atoms with Crippen LogP contribution in [0.1, 0.15) is 18.4 Å². The molecule has 1 saturated heterocycles. The quantitative estimate of drug-likeness (QED) is 0.774. The van der Waals surface area contributed by atoms with E-state index in [1.165, 1.54) is 12.1 Å². The van der Waals surface area contributed by atoms with Crippen molar-refractivity contribution in [2.45, 2.75) is 19.4 Å². The van der Waals surface area contributed by atoms with Gasteiger partial charge in [-0.3, -0.25) is 14.4 Å². The van der Waals surface area contributed by atoms with Crippen molar-refractivity contribution in [3.63, 3.8) is 0 Å². The van der Waals surface area contributed by atoms with Crippen LogP contribution >= 0.6 is 0 Å². The third kappa shape index (κ3) is 5.77. The van der Waals surface area contributed by atoms with E-state index in [0.717, 1.165) is 31.2 Å². The zero-order valence-electron chi connectivity index (χ0n) is 15.7. The summed E-state index contributed by atoms with van der Waals surface area (Å²) in [6.45, 7) is 2.02. The van der Waals surface area contributed by atoms with Crippen molar-refractivity contribution in [2.24, 2.45) is 5.92 Å². The molecular weight excluding hydrogens is 381 g/mol. The van der Waals surface area contributed by atoms with E-state index in [9.17, 15) is 17.6 Å². The van der Waals surface area contributed by atoms with E-state index >= 15 is 0 Å². The minimum absolute atomic E-state index is 0.147. The van der Waals surface area contributed by atoms with Gasteiger partial charge in [-0.2, -0.15) is 0 Å². The third-order valence-corrected chi connectivity index (χ3v) is 5.24. The zero-order chi connectivity index (χ0) is 20.1. The molecule has 8 heteroatoms. The van der Waals surface area contributed by atoms with Gasteiger partial charge in [-0.05, 0) is 49.2 Å². The van der Waals surface area contributed by atoms with Crippen LogP contribution in [0.5, 0.6) is 0 Å². The summed E-state index contributed by atoms with van der Waals surface area (Å²) < 4.78 is 38.9. The van der Waals surface area contributed by atoms with Crippen molar-refractivity contribution in [1.82, 2.24) is 4.90 Å². The van der Waals surface area contributed by atoms with E-state index in [-0.39, 0.29) is 17.6 Å². The lowest BCUT2D eigenvalue weighted by Gasteiger charge is -2.32. The van der Waals surface area contributed by atoms with E-state index in [2.05, 4.69) is 14.9 Å². The number of halogens is 1. The van der Waals surface area contributed by atoms with E-state index in [4.69, 9.17) is 0 Å². The molecule has 0 spiro atoms. The van der Waals surface area contributed by atoms with Crippen molar-refractivity contribution in [3.05, 3.63) is 59.9 Å². The molecule has 1 unspecified atom stereocenters. The molecule has 0 aromatic heterocycles. The SMILES string of the molecule is CS(=O)(=O)Nc1ccccc1NC(=O)C1CCCN(Cc2cccc(F)c2)C1. The van der Waals surface area contributed by atoms with Crippen LogP contribution in [-0.4, -0.2) is 38.6 Å². The summed E-state index contributed by atoms with van der Waals surface area (Å²) in [4.78, 5) is 14.9. The molecule has 150 valence electrons. The maximum absolute atomic E-state index is 13.4. The number of carbonyl (C=O) groups is 1. The highest BCUT2D eigenvalue weighted by Crippen LogP contribution is 2.25. The molecule has 28 heavy (non-hydrogen) atoms. The summed E-state index contributed by atoms with van der Waals surface area (Å²) in [6.07, 6.45) is 2.70. The molecule has 2 aromatic rings. The van der Waals surface area contributed by atoms with Crippen LogP contribution < -0.4 is 10.0 Å². The molecule has 0 bridgehead atoms. The molecular formula is C20H24FN3O3S. The molecule has 2 N–H and O–H groups in total. The molecule has 1 aliphatic rings. The van der Waals surface area contributed by atoms with Crippen LogP contribution in [-0.2, 0) is 21.4 Å². The molecule has 0 radical (unpaired) electrons. The number of nitrogens with one attached hydrogen (secondary N) is 2. The summed E-state index contributed by atoms with van der Waals surface area (Å²) in [6, 6.07) is 13.2. The monoisotopic (exact) mass is 405 g/mol. The predicted octanol–water partition coefficient (Wildman–Crippen LogP) is 3.05. The topological polar surface area (TPSA) is 78.5 Å².